The Labute approximate surface area is 247 Å². The van der Waals surface area contributed by atoms with E-state index in [1.807, 2.05) is 36.2 Å². The summed E-state index contributed by atoms with van der Waals surface area (Å²) in [7, 11) is 3.51. The molecule has 3 aromatic carbocycles. The molecule has 5 aromatic rings. The third kappa shape index (κ3) is 5.58. The van der Waals surface area contributed by atoms with Crippen LogP contribution in [-0.4, -0.2) is 36.2 Å². The molecule has 1 amide bonds. The number of carbonyl (C=O) groups excluding carboxylic acids is 1. The summed E-state index contributed by atoms with van der Waals surface area (Å²) in [4.78, 5) is 33.7. The van der Waals surface area contributed by atoms with Gasteiger partial charge in [0.25, 0.3) is 11.5 Å². The molecule has 0 atom stereocenters. The molecule has 0 saturated carbocycles. The number of anilines is 2. The van der Waals surface area contributed by atoms with Gasteiger partial charge in [0.1, 0.15) is 22.9 Å². The van der Waals surface area contributed by atoms with Crippen molar-refractivity contribution >= 4 is 28.2 Å². The number of hydrogen-bond donors (Lipinski definition) is 1. The Bertz CT molecular complexity index is 1900. The van der Waals surface area contributed by atoms with Gasteiger partial charge in [0, 0.05) is 54.7 Å². The van der Waals surface area contributed by atoms with Crippen LogP contribution in [0.25, 0.3) is 16.6 Å². The van der Waals surface area contributed by atoms with Crippen LogP contribution in [0.15, 0.2) is 83.8 Å². The predicted molar refractivity (Wildman–Crippen MR) is 164 cm³/mol. The van der Waals surface area contributed by atoms with E-state index in [0.29, 0.717) is 29.8 Å². The highest BCUT2D eigenvalue weighted by Crippen LogP contribution is 2.29. The van der Waals surface area contributed by atoms with Crippen LogP contribution in [0.3, 0.4) is 0 Å². The summed E-state index contributed by atoms with van der Waals surface area (Å²) in [6.45, 7) is 0.767. The van der Waals surface area contributed by atoms with Gasteiger partial charge in [-0.25, -0.2) is 8.78 Å². The number of nitrogens with zero attached hydrogens (tertiary/aromatic N) is 3. The summed E-state index contributed by atoms with van der Waals surface area (Å²) in [6, 6.07) is 19.2. The van der Waals surface area contributed by atoms with E-state index < -0.39 is 23.1 Å². The first kappa shape index (κ1) is 28.1. The number of benzene rings is 3. The molecule has 0 saturated heterocycles. The first-order valence-corrected chi connectivity index (χ1v) is 14.1. The third-order valence-electron chi connectivity index (χ3n) is 7.91. The molecule has 0 spiro atoms. The van der Waals surface area contributed by atoms with E-state index in [4.69, 9.17) is 4.74 Å². The Morgan fingerprint density at radius 2 is 1.79 bits per heavy atom. The van der Waals surface area contributed by atoms with Crippen molar-refractivity contribution in [2.24, 2.45) is 0 Å². The van der Waals surface area contributed by atoms with E-state index in [1.54, 1.807) is 31.5 Å². The molecule has 43 heavy (non-hydrogen) atoms. The molecule has 9 heteroatoms. The zero-order valence-electron chi connectivity index (χ0n) is 23.9. The normalized spacial score (nSPS) is 13.0. The number of rotatable bonds is 6. The van der Waals surface area contributed by atoms with Gasteiger partial charge < -0.3 is 15.0 Å². The van der Waals surface area contributed by atoms with Gasteiger partial charge in [0.2, 0.25) is 0 Å². The van der Waals surface area contributed by atoms with Gasteiger partial charge in [-0.2, -0.15) is 0 Å². The van der Waals surface area contributed by atoms with E-state index in [9.17, 15) is 14.0 Å². The maximum absolute atomic E-state index is 15.3. The van der Waals surface area contributed by atoms with Crippen LogP contribution in [0.2, 0.25) is 0 Å². The van der Waals surface area contributed by atoms with Gasteiger partial charge >= 0.3 is 0 Å². The zero-order chi connectivity index (χ0) is 30.1. The SMILES string of the molecule is COc1ccc2c(Cc3ccc(NC(=O)c4cc5c(n(-c6ccc(F)cc6)c4=O)CCCCN5C)cc3F)ccnc2c1. The number of ether oxygens (including phenoxy) is 1. The van der Waals surface area contributed by atoms with Crippen LogP contribution in [0.5, 0.6) is 5.75 Å². The van der Waals surface area contributed by atoms with Crippen molar-refractivity contribution in [1.82, 2.24) is 9.55 Å². The molecule has 3 heterocycles. The maximum Gasteiger partial charge on any atom is 0.268 e. The van der Waals surface area contributed by atoms with E-state index in [2.05, 4.69) is 10.3 Å². The largest absolute Gasteiger partial charge is 0.497 e. The van der Waals surface area contributed by atoms with Crippen LogP contribution in [0.4, 0.5) is 20.2 Å². The van der Waals surface area contributed by atoms with E-state index in [1.165, 1.54) is 34.9 Å². The average molecular weight is 581 g/mol. The average Bonchev–Trinajstić information content (AvgIpc) is 3.19. The molecule has 218 valence electrons. The van der Waals surface area contributed by atoms with Gasteiger partial charge in [-0.15, -0.1) is 0 Å². The van der Waals surface area contributed by atoms with Crippen molar-refractivity contribution in [3.63, 3.8) is 0 Å². The van der Waals surface area contributed by atoms with Crippen LogP contribution < -0.4 is 20.5 Å². The predicted octanol–water partition coefficient (Wildman–Crippen LogP) is 6.29. The highest BCUT2D eigenvalue weighted by molar-refractivity contribution is 6.04. The molecule has 0 aliphatic carbocycles. The van der Waals surface area contributed by atoms with Crippen molar-refractivity contribution in [3.05, 3.63) is 123 Å². The molecule has 1 aliphatic rings. The molecular formula is C34H30F2N4O3. The Hall–Kier alpha value is -5.05. The molecule has 2 aromatic heterocycles. The van der Waals surface area contributed by atoms with Gasteiger partial charge in [-0.05, 0) is 91.1 Å². The summed E-state index contributed by atoms with van der Waals surface area (Å²) >= 11 is 0. The van der Waals surface area contributed by atoms with E-state index >= 15 is 4.39 Å². The number of methoxy groups -OCH3 is 1. The number of nitrogens with one attached hydrogen (secondary N) is 1. The number of fused-ring (bicyclic) bond motifs is 2. The van der Waals surface area contributed by atoms with Crippen LogP contribution in [0.1, 0.15) is 40.0 Å². The monoisotopic (exact) mass is 580 g/mol. The maximum atomic E-state index is 15.3. The second-order valence-corrected chi connectivity index (χ2v) is 10.7. The van der Waals surface area contributed by atoms with Gasteiger partial charge in [-0.3, -0.25) is 19.1 Å². The number of pyridine rings is 2. The lowest BCUT2D eigenvalue weighted by Crippen LogP contribution is -2.32. The third-order valence-corrected chi connectivity index (χ3v) is 7.91. The summed E-state index contributed by atoms with van der Waals surface area (Å²) in [5.41, 5.74) is 3.73. The number of halogens is 2. The van der Waals surface area contributed by atoms with Crippen molar-refractivity contribution in [2.75, 3.05) is 30.9 Å². The summed E-state index contributed by atoms with van der Waals surface area (Å²) in [6.07, 6.45) is 4.45. The minimum Gasteiger partial charge on any atom is -0.497 e. The fourth-order valence-electron chi connectivity index (χ4n) is 5.64. The smallest absolute Gasteiger partial charge is 0.268 e. The number of hydrogen-bond acceptors (Lipinski definition) is 5. The van der Waals surface area contributed by atoms with E-state index in [-0.39, 0.29) is 11.3 Å². The number of carbonyl (C=O) groups is 1. The molecule has 0 fully saturated rings. The fraction of sp³-hybridized carbons (Fsp3) is 0.206. The Morgan fingerprint density at radius 3 is 2.56 bits per heavy atom. The lowest BCUT2D eigenvalue weighted by atomic mass is 10.0. The number of aromatic nitrogens is 2. The van der Waals surface area contributed by atoms with Crippen molar-refractivity contribution in [2.45, 2.75) is 25.7 Å². The number of amides is 1. The highest BCUT2D eigenvalue weighted by Gasteiger charge is 2.24. The lowest BCUT2D eigenvalue weighted by Gasteiger charge is -2.23. The molecule has 0 bridgehead atoms. The molecule has 1 N–H and O–H groups in total. The second-order valence-electron chi connectivity index (χ2n) is 10.7. The summed E-state index contributed by atoms with van der Waals surface area (Å²) in [5, 5.41) is 3.60. The highest BCUT2D eigenvalue weighted by atomic mass is 19.1. The first-order chi connectivity index (χ1) is 20.8. The van der Waals surface area contributed by atoms with Crippen molar-refractivity contribution < 1.29 is 18.3 Å². The summed E-state index contributed by atoms with van der Waals surface area (Å²) in [5.74, 6) is -0.866. The Balaban J connectivity index is 1.31. The van der Waals surface area contributed by atoms with Crippen LogP contribution in [0, 0.1) is 11.6 Å². The lowest BCUT2D eigenvalue weighted by molar-refractivity contribution is 0.102. The quantitative estimate of drug-likeness (QED) is 0.256. The molecular weight excluding hydrogens is 550 g/mol. The second kappa shape index (κ2) is 11.7. The van der Waals surface area contributed by atoms with Crippen LogP contribution in [-0.2, 0) is 12.8 Å². The molecule has 7 nitrogen and oxygen atoms in total. The molecule has 1 aliphatic heterocycles. The zero-order valence-corrected chi connectivity index (χ0v) is 23.9. The minimum atomic E-state index is -0.650. The molecule has 6 rings (SSSR count). The van der Waals surface area contributed by atoms with Crippen molar-refractivity contribution in [1.29, 1.82) is 0 Å². The fourth-order valence-corrected chi connectivity index (χ4v) is 5.64. The van der Waals surface area contributed by atoms with Gasteiger partial charge in [0.15, 0.2) is 0 Å². The Morgan fingerprint density at radius 1 is 0.977 bits per heavy atom. The van der Waals surface area contributed by atoms with Gasteiger partial charge in [-0.1, -0.05) is 6.07 Å². The molecule has 0 unspecified atom stereocenters. The van der Waals surface area contributed by atoms with Gasteiger partial charge in [0.05, 0.1) is 18.3 Å². The van der Waals surface area contributed by atoms with E-state index in [0.717, 1.165) is 47.2 Å². The Kier molecular flexibility index (Phi) is 7.63. The standard InChI is InChI=1S/C34H30F2N4O3/c1-39-16-4-3-5-31-32(39)20-28(34(42)40(31)25-10-7-23(35)8-11-25)33(41)38-24-9-6-22(29(36)18-24)17-21-14-15-37-30-19-26(43-2)12-13-27(21)30/h6-15,18-20H,3-5,16-17H2,1-2H3,(H,38,41). The molecule has 0 radical (unpaired) electrons. The summed E-state index contributed by atoms with van der Waals surface area (Å²) < 4.78 is 35.8. The first-order valence-electron chi connectivity index (χ1n) is 14.1. The minimum absolute atomic E-state index is 0.0833. The van der Waals surface area contributed by atoms with Crippen LogP contribution >= 0.6 is 0 Å². The van der Waals surface area contributed by atoms with Crippen molar-refractivity contribution in [3.8, 4) is 11.4 Å². The topological polar surface area (TPSA) is 76.5 Å².